The van der Waals surface area contributed by atoms with Crippen molar-refractivity contribution in [2.75, 3.05) is 13.0 Å². The Hall–Kier alpha value is -1.22. The van der Waals surface area contributed by atoms with E-state index in [-0.39, 0.29) is 5.75 Å². The second-order valence-electron chi connectivity index (χ2n) is 3.48. The van der Waals surface area contributed by atoms with Gasteiger partial charge in [0.2, 0.25) is 0 Å². The molecule has 0 bridgehead atoms. The molecule has 0 saturated carbocycles. The summed E-state index contributed by atoms with van der Waals surface area (Å²) in [4.78, 5) is 11.5. The van der Waals surface area contributed by atoms with E-state index >= 15 is 0 Å². The Kier molecular flexibility index (Phi) is 5.12. The van der Waals surface area contributed by atoms with Crippen molar-refractivity contribution in [3.8, 4) is 5.75 Å². The maximum Gasteiger partial charge on any atom is 0.338 e. The Balaban J connectivity index is 2.85. The molecular weight excluding hydrogens is 228 g/mol. The average Bonchev–Trinajstić information content (AvgIpc) is 2.30. The number of aryl methyl sites for hydroxylation is 1. The fourth-order valence-electron chi connectivity index (χ4n) is 1.49. The molecule has 16 heavy (non-hydrogen) atoms. The number of esters is 1. The summed E-state index contributed by atoms with van der Waals surface area (Å²) in [5.74, 6) is 0.268. The number of ether oxygens (including phenoxy) is 1. The van der Waals surface area contributed by atoms with E-state index in [1.54, 1.807) is 12.1 Å². The number of halogens is 1. The molecule has 0 aliphatic carbocycles. The summed E-state index contributed by atoms with van der Waals surface area (Å²) in [6.07, 6.45) is 2.58. The minimum absolute atomic E-state index is 0.0708. The number of alkyl halides is 1. The molecule has 0 aromatic heterocycles. The van der Waals surface area contributed by atoms with E-state index in [1.807, 2.05) is 0 Å². The fraction of sp³-hybridized carbons (Fsp3) is 0.417. The van der Waals surface area contributed by atoms with Gasteiger partial charge in [-0.2, -0.15) is 0 Å². The van der Waals surface area contributed by atoms with Crippen LogP contribution in [-0.2, 0) is 11.2 Å². The largest absolute Gasteiger partial charge is 0.508 e. The number of methoxy groups -OCH3 is 1. The summed E-state index contributed by atoms with van der Waals surface area (Å²) in [5.41, 5.74) is 1.31. The van der Waals surface area contributed by atoms with Gasteiger partial charge in [-0.3, -0.25) is 0 Å². The lowest BCUT2D eigenvalue weighted by Gasteiger charge is -2.07. The zero-order valence-electron chi connectivity index (χ0n) is 9.20. The lowest BCUT2D eigenvalue weighted by Crippen LogP contribution is -2.05. The third-order valence-corrected chi connectivity index (χ3v) is 2.60. The van der Waals surface area contributed by atoms with Gasteiger partial charge in [-0.15, -0.1) is 11.6 Å². The van der Waals surface area contributed by atoms with Gasteiger partial charge >= 0.3 is 5.97 Å². The molecule has 88 valence electrons. The normalized spacial score (nSPS) is 10.1. The molecule has 3 nitrogen and oxygen atoms in total. The number of unbranched alkanes of at least 4 members (excludes halogenated alkanes) is 1. The van der Waals surface area contributed by atoms with Gasteiger partial charge in [-0.1, -0.05) is 6.07 Å². The van der Waals surface area contributed by atoms with Crippen LogP contribution in [0.5, 0.6) is 5.75 Å². The van der Waals surface area contributed by atoms with Crippen LogP contribution in [0.15, 0.2) is 18.2 Å². The highest BCUT2D eigenvalue weighted by molar-refractivity contribution is 6.17. The Morgan fingerprint density at radius 3 is 2.81 bits per heavy atom. The number of benzene rings is 1. The summed E-state index contributed by atoms with van der Waals surface area (Å²) >= 11 is 5.59. The van der Waals surface area contributed by atoms with E-state index in [0.29, 0.717) is 11.4 Å². The van der Waals surface area contributed by atoms with Crippen molar-refractivity contribution in [2.45, 2.75) is 19.3 Å². The smallest absolute Gasteiger partial charge is 0.338 e. The molecule has 0 saturated heterocycles. The van der Waals surface area contributed by atoms with E-state index in [0.717, 1.165) is 24.8 Å². The van der Waals surface area contributed by atoms with Crippen molar-refractivity contribution in [1.82, 2.24) is 0 Å². The van der Waals surface area contributed by atoms with E-state index in [1.165, 1.54) is 13.2 Å². The highest BCUT2D eigenvalue weighted by Crippen LogP contribution is 2.19. The molecule has 1 rings (SSSR count). The van der Waals surface area contributed by atoms with Gasteiger partial charge in [-0.25, -0.2) is 4.79 Å². The minimum atomic E-state index is -0.420. The van der Waals surface area contributed by atoms with Crippen molar-refractivity contribution < 1.29 is 14.6 Å². The van der Waals surface area contributed by atoms with Crippen LogP contribution in [0.2, 0.25) is 0 Å². The summed E-state index contributed by atoms with van der Waals surface area (Å²) < 4.78 is 4.66. The first-order valence-corrected chi connectivity index (χ1v) is 5.68. The van der Waals surface area contributed by atoms with Crippen LogP contribution in [0.25, 0.3) is 0 Å². The molecule has 4 heteroatoms. The van der Waals surface area contributed by atoms with Crippen molar-refractivity contribution >= 4 is 17.6 Å². The highest BCUT2D eigenvalue weighted by atomic mass is 35.5. The topological polar surface area (TPSA) is 46.5 Å². The van der Waals surface area contributed by atoms with Crippen LogP contribution in [0, 0.1) is 0 Å². The number of rotatable bonds is 5. The lowest BCUT2D eigenvalue weighted by atomic mass is 10.0. The molecule has 0 fully saturated rings. The number of aromatic hydroxyl groups is 1. The predicted octanol–water partition coefficient (Wildman–Crippen LogP) is 2.74. The molecule has 0 heterocycles. The third kappa shape index (κ3) is 3.42. The SMILES string of the molecule is COC(=O)c1cc(O)ccc1CCCCCl. The van der Waals surface area contributed by atoms with Gasteiger partial charge in [-0.05, 0) is 37.0 Å². The quantitative estimate of drug-likeness (QED) is 0.491. The van der Waals surface area contributed by atoms with Crippen LogP contribution in [0.4, 0.5) is 0 Å². The zero-order chi connectivity index (χ0) is 12.0. The number of carbonyl (C=O) groups is 1. The molecular formula is C12H15ClO3. The zero-order valence-corrected chi connectivity index (χ0v) is 9.96. The van der Waals surface area contributed by atoms with Crippen LogP contribution in [-0.4, -0.2) is 24.1 Å². The van der Waals surface area contributed by atoms with Gasteiger partial charge in [0.1, 0.15) is 5.75 Å². The minimum Gasteiger partial charge on any atom is -0.508 e. The van der Waals surface area contributed by atoms with Gasteiger partial charge in [0.05, 0.1) is 12.7 Å². The Labute approximate surface area is 100.0 Å². The third-order valence-electron chi connectivity index (χ3n) is 2.33. The first-order valence-electron chi connectivity index (χ1n) is 5.15. The van der Waals surface area contributed by atoms with Crippen molar-refractivity contribution in [3.05, 3.63) is 29.3 Å². The van der Waals surface area contributed by atoms with Crippen LogP contribution in [0.3, 0.4) is 0 Å². The van der Waals surface area contributed by atoms with Crippen LogP contribution < -0.4 is 0 Å². The summed E-state index contributed by atoms with van der Waals surface area (Å²) in [6, 6.07) is 4.75. The van der Waals surface area contributed by atoms with Crippen LogP contribution >= 0.6 is 11.6 Å². The highest BCUT2D eigenvalue weighted by Gasteiger charge is 2.12. The van der Waals surface area contributed by atoms with Gasteiger partial charge in [0, 0.05) is 5.88 Å². The molecule has 1 aromatic rings. The Morgan fingerprint density at radius 2 is 2.19 bits per heavy atom. The van der Waals surface area contributed by atoms with Gasteiger partial charge < -0.3 is 9.84 Å². The molecule has 0 amide bonds. The molecule has 0 radical (unpaired) electrons. The average molecular weight is 243 g/mol. The Bertz CT molecular complexity index is 363. The van der Waals surface area contributed by atoms with Crippen molar-refractivity contribution in [3.63, 3.8) is 0 Å². The molecule has 0 aliphatic rings. The van der Waals surface area contributed by atoms with Gasteiger partial charge in [0.15, 0.2) is 0 Å². The monoisotopic (exact) mass is 242 g/mol. The van der Waals surface area contributed by atoms with E-state index in [9.17, 15) is 9.90 Å². The molecule has 0 aliphatic heterocycles. The number of phenolic OH excluding ortho intramolecular Hbond substituents is 1. The number of hydrogen-bond acceptors (Lipinski definition) is 3. The van der Waals surface area contributed by atoms with E-state index in [4.69, 9.17) is 11.6 Å². The standard InChI is InChI=1S/C12H15ClO3/c1-16-12(15)11-8-10(14)6-5-9(11)4-2-3-7-13/h5-6,8,14H,2-4,7H2,1H3. The summed E-state index contributed by atoms with van der Waals surface area (Å²) in [6.45, 7) is 0. The molecule has 0 unspecified atom stereocenters. The van der Waals surface area contributed by atoms with E-state index in [2.05, 4.69) is 4.74 Å². The summed E-state index contributed by atoms with van der Waals surface area (Å²) in [5, 5.41) is 9.32. The van der Waals surface area contributed by atoms with E-state index < -0.39 is 5.97 Å². The fourth-order valence-corrected chi connectivity index (χ4v) is 1.68. The second kappa shape index (κ2) is 6.38. The van der Waals surface area contributed by atoms with Crippen LogP contribution in [0.1, 0.15) is 28.8 Å². The lowest BCUT2D eigenvalue weighted by molar-refractivity contribution is 0.0599. The molecule has 1 aromatic carbocycles. The van der Waals surface area contributed by atoms with Crippen molar-refractivity contribution in [2.24, 2.45) is 0 Å². The van der Waals surface area contributed by atoms with Gasteiger partial charge in [0.25, 0.3) is 0 Å². The summed E-state index contributed by atoms with van der Waals surface area (Å²) in [7, 11) is 1.33. The maximum atomic E-state index is 11.5. The second-order valence-corrected chi connectivity index (χ2v) is 3.86. The maximum absolute atomic E-state index is 11.5. The number of phenols is 1. The van der Waals surface area contributed by atoms with Crippen molar-refractivity contribution in [1.29, 1.82) is 0 Å². The molecule has 0 spiro atoms. The Morgan fingerprint density at radius 1 is 1.44 bits per heavy atom. The molecule has 1 N–H and O–H groups in total. The predicted molar refractivity (Wildman–Crippen MR) is 63.1 cm³/mol. The first kappa shape index (κ1) is 12.8. The number of carbonyl (C=O) groups excluding carboxylic acids is 1. The number of hydrogen-bond donors (Lipinski definition) is 1. The molecule has 0 atom stereocenters. The first-order chi connectivity index (χ1) is 7.69.